The molecule has 0 aromatic carbocycles. The van der Waals surface area contributed by atoms with Gasteiger partial charge in [0.05, 0.1) is 0 Å². The van der Waals surface area contributed by atoms with Gasteiger partial charge in [-0.05, 0) is 63.2 Å². The summed E-state index contributed by atoms with van der Waals surface area (Å²) in [6.07, 6.45) is 7.19. The van der Waals surface area contributed by atoms with E-state index in [1.807, 2.05) is 27.7 Å². The molecule has 1 rings (SSSR count). The maximum Gasteiger partial charge on any atom is 0.348 e. The maximum absolute atomic E-state index is 13.4. The molecule has 0 bridgehead atoms. The molecule has 0 aromatic rings. The summed E-state index contributed by atoms with van der Waals surface area (Å²) in [4.78, 5) is 39.7. The van der Waals surface area contributed by atoms with Gasteiger partial charge in [0.15, 0.2) is 0 Å². The number of hydrogen-bond donors (Lipinski definition) is 2. The Bertz CT molecular complexity index is 555. The lowest BCUT2D eigenvalue weighted by Crippen LogP contribution is -2.55. The highest BCUT2D eigenvalue weighted by atomic mass is 16.5. The summed E-state index contributed by atoms with van der Waals surface area (Å²) in [6, 6.07) is -2.05. The van der Waals surface area contributed by atoms with Crippen molar-refractivity contribution in [1.29, 1.82) is 0 Å². The first-order chi connectivity index (χ1) is 13.7. The molecular formula is C22H38N2O5. The molecule has 7 heteroatoms. The number of hydroxylamine groups is 1. The Morgan fingerprint density at radius 3 is 2.21 bits per heavy atom. The monoisotopic (exact) mass is 410 g/mol. The average Bonchev–Trinajstić information content (AvgIpc) is 3.16. The van der Waals surface area contributed by atoms with Gasteiger partial charge in [0.1, 0.15) is 12.1 Å². The first-order valence-corrected chi connectivity index (χ1v) is 10.8. The molecular weight excluding hydrogens is 372 g/mol. The van der Waals surface area contributed by atoms with Gasteiger partial charge in [0.2, 0.25) is 5.91 Å². The normalized spacial score (nSPS) is 16.5. The molecule has 1 fully saturated rings. The summed E-state index contributed by atoms with van der Waals surface area (Å²) in [7, 11) is 0. The fourth-order valence-corrected chi connectivity index (χ4v) is 3.88. The predicted molar refractivity (Wildman–Crippen MR) is 111 cm³/mol. The summed E-state index contributed by atoms with van der Waals surface area (Å²) in [5.74, 6) is -1.19. The van der Waals surface area contributed by atoms with Crippen molar-refractivity contribution in [2.75, 3.05) is 0 Å². The third-order valence-corrected chi connectivity index (χ3v) is 5.24. The van der Waals surface area contributed by atoms with Crippen molar-refractivity contribution in [3.8, 4) is 0 Å². The van der Waals surface area contributed by atoms with E-state index in [9.17, 15) is 19.6 Å². The molecule has 3 amide bonds. The molecule has 1 aliphatic carbocycles. The van der Waals surface area contributed by atoms with Gasteiger partial charge < -0.3 is 4.74 Å². The van der Waals surface area contributed by atoms with Crippen LogP contribution in [0.1, 0.15) is 79.1 Å². The van der Waals surface area contributed by atoms with Crippen LogP contribution in [0.3, 0.4) is 0 Å². The molecule has 0 saturated heterocycles. The molecule has 1 aliphatic rings. The van der Waals surface area contributed by atoms with Crippen molar-refractivity contribution in [3.05, 3.63) is 12.7 Å². The predicted octanol–water partition coefficient (Wildman–Crippen LogP) is 4.44. The van der Waals surface area contributed by atoms with Crippen molar-refractivity contribution in [2.24, 2.45) is 17.8 Å². The summed E-state index contributed by atoms with van der Waals surface area (Å²) in [6.45, 7) is 11.5. The lowest BCUT2D eigenvalue weighted by Gasteiger charge is -2.32. The molecule has 0 heterocycles. The topological polar surface area (TPSA) is 95.9 Å². The first-order valence-electron chi connectivity index (χ1n) is 10.8. The van der Waals surface area contributed by atoms with E-state index in [0.29, 0.717) is 19.3 Å². The number of esters is 1. The third kappa shape index (κ3) is 8.17. The van der Waals surface area contributed by atoms with Crippen LogP contribution in [0.5, 0.6) is 0 Å². The lowest BCUT2D eigenvalue weighted by atomic mass is 9.90. The van der Waals surface area contributed by atoms with E-state index in [-0.39, 0.29) is 24.4 Å². The van der Waals surface area contributed by atoms with Gasteiger partial charge in [0.25, 0.3) is 0 Å². The number of ether oxygens (including phenoxy) is 1. The molecule has 7 nitrogen and oxygen atoms in total. The Morgan fingerprint density at radius 2 is 1.72 bits per heavy atom. The molecule has 1 saturated carbocycles. The Kier molecular flexibility index (Phi) is 10.9. The van der Waals surface area contributed by atoms with Crippen LogP contribution in [0.2, 0.25) is 0 Å². The van der Waals surface area contributed by atoms with Gasteiger partial charge >= 0.3 is 12.0 Å². The summed E-state index contributed by atoms with van der Waals surface area (Å²) in [5.41, 5.74) is 1.55. The van der Waals surface area contributed by atoms with E-state index in [0.717, 1.165) is 30.6 Å². The number of allylic oxidation sites excluding steroid dienone is 1. The van der Waals surface area contributed by atoms with Crippen molar-refractivity contribution in [1.82, 2.24) is 10.4 Å². The SMILES string of the molecule is C=CCCC(CC(C)C)C(=O)N(C(=O)NO)[C@@H](CC(C)C)C(=O)OC1CCCC1. The zero-order valence-electron chi connectivity index (χ0n) is 18.4. The highest BCUT2D eigenvalue weighted by molar-refractivity contribution is 5.99. The minimum atomic E-state index is -1.06. The average molecular weight is 411 g/mol. The van der Waals surface area contributed by atoms with Crippen LogP contribution < -0.4 is 5.48 Å². The van der Waals surface area contributed by atoms with E-state index in [1.165, 1.54) is 0 Å². The van der Waals surface area contributed by atoms with Crippen LogP contribution in [0.4, 0.5) is 4.79 Å². The molecule has 0 spiro atoms. The molecule has 2 atom stereocenters. The van der Waals surface area contributed by atoms with Gasteiger partial charge in [-0.1, -0.05) is 33.8 Å². The van der Waals surface area contributed by atoms with E-state index in [1.54, 1.807) is 11.6 Å². The Labute approximate surface area is 174 Å². The molecule has 29 heavy (non-hydrogen) atoms. The van der Waals surface area contributed by atoms with Crippen molar-refractivity contribution in [2.45, 2.75) is 91.2 Å². The standard InChI is InChI=1S/C22H38N2O5/c1-6-7-10-17(13-15(2)3)20(25)24(22(27)23-28)19(14-16(4)5)21(26)29-18-11-8-9-12-18/h6,15-19,28H,1,7-14H2,2-5H3,(H,23,27)/t17?,19-/m0/s1. The zero-order chi connectivity index (χ0) is 22.0. The van der Waals surface area contributed by atoms with Gasteiger partial charge in [-0.25, -0.2) is 20.0 Å². The van der Waals surface area contributed by atoms with Crippen LogP contribution in [-0.2, 0) is 14.3 Å². The largest absolute Gasteiger partial charge is 0.461 e. The lowest BCUT2D eigenvalue weighted by molar-refractivity contribution is -0.159. The van der Waals surface area contributed by atoms with Crippen LogP contribution in [0, 0.1) is 17.8 Å². The minimum absolute atomic E-state index is 0.0506. The quantitative estimate of drug-likeness (QED) is 0.227. The number of nitrogens with one attached hydrogen (secondary N) is 1. The third-order valence-electron chi connectivity index (χ3n) is 5.24. The van der Waals surface area contributed by atoms with E-state index >= 15 is 0 Å². The molecule has 0 aliphatic heterocycles. The number of urea groups is 1. The van der Waals surface area contributed by atoms with Crippen LogP contribution >= 0.6 is 0 Å². The van der Waals surface area contributed by atoms with Crippen LogP contribution in [0.15, 0.2) is 12.7 Å². The molecule has 2 N–H and O–H groups in total. The first kappa shape index (κ1) is 25.1. The minimum Gasteiger partial charge on any atom is -0.461 e. The van der Waals surface area contributed by atoms with E-state index in [4.69, 9.17) is 4.74 Å². The number of nitrogens with zero attached hydrogens (tertiary/aromatic N) is 1. The van der Waals surface area contributed by atoms with Gasteiger partial charge in [-0.2, -0.15) is 0 Å². The smallest absolute Gasteiger partial charge is 0.348 e. The number of amides is 3. The number of carbonyl (C=O) groups excluding carboxylic acids is 3. The molecule has 1 unspecified atom stereocenters. The van der Waals surface area contributed by atoms with Crippen LogP contribution in [-0.4, -0.2) is 40.2 Å². The van der Waals surface area contributed by atoms with Gasteiger partial charge in [-0.15, -0.1) is 6.58 Å². The van der Waals surface area contributed by atoms with Gasteiger partial charge in [0, 0.05) is 5.92 Å². The second-order valence-electron chi connectivity index (χ2n) is 8.81. The highest BCUT2D eigenvalue weighted by Gasteiger charge is 2.40. The summed E-state index contributed by atoms with van der Waals surface area (Å²) >= 11 is 0. The Morgan fingerprint density at radius 1 is 1.14 bits per heavy atom. The van der Waals surface area contributed by atoms with E-state index < -0.39 is 29.9 Å². The zero-order valence-corrected chi connectivity index (χ0v) is 18.4. The fraction of sp³-hybridized carbons (Fsp3) is 0.773. The second kappa shape index (κ2) is 12.6. The Balaban J connectivity index is 3.16. The fourth-order valence-electron chi connectivity index (χ4n) is 3.88. The van der Waals surface area contributed by atoms with Crippen LogP contribution in [0.25, 0.3) is 0 Å². The second-order valence-corrected chi connectivity index (χ2v) is 8.81. The number of imide groups is 1. The Hall–Kier alpha value is -1.89. The van der Waals surface area contributed by atoms with E-state index in [2.05, 4.69) is 6.58 Å². The van der Waals surface area contributed by atoms with Gasteiger partial charge in [-0.3, -0.25) is 10.0 Å². The maximum atomic E-state index is 13.4. The molecule has 166 valence electrons. The molecule has 0 radical (unpaired) electrons. The van der Waals surface area contributed by atoms with Crippen molar-refractivity contribution in [3.63, 3.8) is 0 Å². The summed E-state index contributed by atoms with van der Waals surface area (Å²) in [5, 5.41) is 9.28. The molecule has 0 aromatic heterocycles. The summed E-state index contributed by atoms with van der Waals surface area (Å²) < 4.78 is 5.63. The van der Waals surface area contributed by atoms with Crippen molar-refractivity contribution < 1.29 is 24.3 Å². The number of rotatable bonds is 11. The number of carbonyl (C=O) groups is 3. The number of hydrogen-bond acceptors (Lipinski definition) is 5. The van der Waals surface area contributed by atoms with Crippen molar-refractivity contribution >= 4 is 17.9 Å². The highest BCUT2D eigenvalue weighted by Crippen LogP contribution is 2.26.